The maximum atomic E-state index is 11.1. The molecule has 1 aromatic heterocycles. The second kappa shape index (κ2) is 4.87. The molecule has 0 spiro atoms. The highest BCUT2D eigenvalue weighted by Gasteiger charge is 2.01. The summed E-state index contributed by atoms with van der Waals surface area (Å²) in [6, 6.07) is 1.27. The van der Waals surface area contributed by atoms with Crippen LogP contribution >= 0.6 is 0 Å². The van der Waals surface area contributed by atoms with Crippen molar-refractivity contribution in [3.8, 4) is 0 Å². The Morgan fingerprint density at radius 1 is 1.50 bits per heavy atom. The van der Waals surface area contributed by atoms with E-state index in [9.17, 15) is 14.4 Å². The van der Waals surface area contributed by atoms with Crippen molar-refractivity contribution in [3.63, 3.8) is 0 Å². The predicted octanol–water partition coefficient (Wildman–Crippen LogP) is -0.342. The normalized spacial score (nSPS) is 10.3. The van der Waals surface area contributed by atoms with Gasteiger partial charge in [0.1, 0.15) is 0 Å². The average Bonchev–Trinajstić information content (AvgIpc) is 2.12. The summed E-state index contributed by atoms with van der Waals surface area (Å²) in [7, 11) is 0. The molecule has 0 fully saturated rings. The maximum absolute atomic E-state index is 11.1. The number of aromatic nitrogens is 2. The zero-order valence-corrected chi connectivity index (χ0v) is 8.35. The number of nitrogens with zero attached hydrogens (tertiary/aromatic N) is 1. The predicted molar refractivity (Wildman–Crippen MR) is 55.0 cm³/mol. The first kappa shape index (κ1) is 11.6. The largest absolute Gasteiger partial charge is 0.478 e. The van der Waals surface area contributed by atoms with Gasteiger partial charge in [-0.05, 0) is 6.92 Å². The molecule has 0 atom stereocenters. The van der Waals surface area contributed by atoms with E-state index < -0.39 is 17.4 Å². The van der Waals surface area contributed by atoms with Crippen LogP contribution in [-0.4, -0.2) is 27.0 Å². The SMILES string of the molecule is Cc1cc(=O)[nH]c(NC(=O)/C=C\C(=O)O)n1. The van der Waals surface area contributed by atoms with Crippen LogP contribution in [0.15, 0.2) is 23.0 Å². The molecule has 0 bridgehead atoms. The van der Waals surface area contributed by atoms with Gasteiger partial charge >= 0.3 is 5.97 Å². The molecule has 3 N–H and O–H groups in total. The molecule has 0 aliphatic heterocycles. The molecule has 0 saturated heterocycles. The first-order valence-electron chi connectivity index (χ1n) is 4.27. The van der Waals surface area contributed by atoms with Gasteiger partial charge in [0, 0.05) is 23.9 Å². The Hall–Kier alpha value is -2.44. The van der Waals surface area contributed by atoms with Crippen molar-refractivity contribution >= 4 is 17.8 Å². The van der Waals surface area contributed by atoms with Crippen molar-refractivity contribution in [2.45, 2.75) is 6.92 Å². The van der Waals surface area contributed by atoms with Crippen LogP contribution in [0.4, 0.5) is 5.95 Å². The van der Waals surface area contributed by atoms with Gasteiger partial charge in [-0.1, -0.05) is 0 Å². The average molecular weight is 223 g/mol. The molecule has 16 heavy (non-hydrogen) atoms. The minimum Gasteiger partial charge on any atom is -0.478 e. The van der Waals surface area contributed by atoms with Gasteiger partial charge in [-0.3, -0.25) is 19.9 Å². The zero-order chi connectivity index (χ0) is 12.1. The molecule has 7 nitrogen and oxygen atoms in total. The number of nitrogens with one attached hydrogen (secondary N) is 2. The second-order valence-electron chi connectivity index (χ2n) is 2.90. The Morgan fingerprint density at radius 3 is 2.75 bits per heavy atom. The lowest BCUT2D eigenvalue weighted by atomic mass is 10.4. The van der Waals surface area contributed by atoms with Gasteiger partial charge in [0.05, 0.1) is 0 Å². The topological polar surface area (TPSA) is 112 Å². The number of aromatic amines is 1. The Kier molecular flexibility index (Phi) is 3.54. The highest BCUT2D eigenvalue weighted by molar-refractivity contribution is 6.01. The Morgan fingerprint density at radius 2 is 2.19 bits per heavy atom. The van der Waals surface area contributed by atoms with Gasteiger partial charge in [0.15, 0.2) is 0 Å². The quantitative estimate of drug-likeness (QED) is 0.606. The second-order valence-corrected chi connectivity index (χ2v) is 2.90. The minimum absolute atomic E-state index is 0.0231. The number of carbonyl (C=O) groups is 2. The number of amides is 1. The van der Waals surface area contributed by atoms with Crippen LogP contribution in [0.2, 0.25) is 0 Å². The molecule has 1 heterocycles. The molecule has 7 heteroatoms. The molecule has 0 unspecified atom stereocenters. The summed E-state index contributed by atoms with van der Waals surface area (Å²) in [4.78, 5) is 38.4. The van der Waals surface area contributed by atoms with E-state index in [0.29, 0.717) is 11.8 Å². The molecule has 1 rings (SSSR count). The molecule has 0 saturated carbocycles. The van der Waals surface area contributed by atoms with Gasteiger partial charge in [-0.25, -0.2) is 9.78 Å². The molecule has 0 aliphatic rings. The van der Waals surface area contributed by atoms with Crippen molar-refractivity contribution in [1.29, 1.82) is 0 Å². The van der Waals surface area contributed by atoms with E-state index in [2.05, 4.69) is 15.3 Å². The Labute approximate surface area is 89.8 Å². The lowest BCUT2D eigenvalue weighted by molar-refractivity contribution is -0.131. The van der Waals surface area contributed by atoms with E-state index in [0.717, 1.165) is 6.08 Å². The summed E-state index contributed by atoms with van der Waals surface area (Å²) < 4.78 is 0. The number of carbonyl (C=O) groups excluding carboxylic acids is 1. The minimum atomic E-state index is -1.24. The van der Waals surface area contributed by atoms with Crippen LogP contribution in [0.3, 0.4) is 0 Å². The fraction of sp³-hybridized carbons (Fsp3) is 0.111. The Balaban J connectivity index is 2.77. The van der Waals surface area contributed by atoms with E-state index >= 15 is 0 Å². The lowest BCUT2D eigenvalue weighted by Gasteiger charge is -2.00. The van der Waals surface area contributed by atoms with Gasteiger partial charge in [0.25, 0.3) is 11.5 Å². The molecule has 0 aromatic carbocycles. The van der Waals surface area contributed by atoms with Crippen LogP contribution in [0.25, 0.3) is 0 Å². The number of hydrogen-bond donors (Lipinski definition) is 3. The number of carboxylic acids is 1. The monoisotopic (exact) mass is 223 g/mol. The lowest BCUT2D eigenvalue weighted by Crippen LogP contribution is -2.16. The smallest absolute Gasteiger partial charge is 0.328 e. The summed E-state index contributed by atoms with van der Waals surface area (Å²) >= 11 is 0. The van der Waals surface area contributed by atoms with Crippen LogP contribution < -0.4 is 10.9 Å². The number of hydrogen-bond acceptors (Lipinski definition) is 4. The van der Waals surface area contributed by atoms with Crippen LogP contribution in [0.1, 0.15) is 5.69 Å². The van der Waals surface area contributed by atoms with E-state index in [1.807, 2.05) is 0 Å². The van der Waals surface area contributed by atoms with Crippen LogP contribution in [0.5, 0.6) is 0 Å². The molecule has 0 aliphatic carbocycles. The third-order valence-electron chi connectivity index (χ3n) is 1.49. The molecular formula is C9H9N3O4. The summed E-state index contributed by atoms with van der Waals surface area (Å²) in [5, 5.41) is 10.5. The summed E-state index contributed by atoms with van der Waals surface area (Å²) in [6.45, 7) is 1.60. The Bertz CT molecular complexity index is 504. The van der Waals surface area contributed by atoms with Crippen molar-refractivity contribution in [3.05, 3.63) is 34.3 Å². The fourth-order valence-corrected chi connectivity index (χ4v) is 0.944. The fourth-order valence-electron chi connectivity index (χ4n) is 0.944. The number of anilines is 1. The van der Waals surface area contributed by atoms with Gasteiger partial charge < -0.3 is 5.11 Å². The third kappa shape index (κ3) is 3.74. The highest BCUT2D eigenvalue weighted by atomic mass is 16.4. The van der Waals surface area contributed by atoms with Crippen LogP contribution in [-0.2, 0) is 9.59 Å². The molecule has 1 aromatic rings. The van der Waals surface area contributed by atoms with Gasteiger partial charge in [-0.2, -0.15) is 0 Å². The number of rotatable bonds is 3. The van der Waals surface area contributed by atoms with Crippen molar-refractivity contribution in [2.24, 2.45) is 0 Å². The van der Waals surface area contributed by atoms with Crippen molar-refractivity contribution in [1.82, 2.24) is 9.97 Å². The number of carboxylic acid groups (broad SMARTS) is 1. The molecule has 84 valence electrons. The summed E-state index contributed by atoms with van der Waals surface area (Å²) in [5.74, 6) is -1.94. The molecular weight excluding hydrogens is 214 g/mol. The number of aliphatic carboxylic acids is 1. The first-order chi connectivity index (χ1) is 7.47. The standard InChI is InChI=1S/C9H9N3O4/c1-5-4-7(14)12-9(10-5)11-6(13)2-3-8(15)16/h2-4H,1H3,(H,15,16)(H2,10,11,12,13,14)/b3-2-. The summed E-state index contributed by atoms with van der Waals surface area (Å²) in [5.41, 5.74) is 0.0475. The van der Waals surface area contributed by atoms with Crippen LogP contribution in [0, 0.1) is 6.92 Å². The number of H-pyrrole nitrogens is 1. The first-order valence-corrected chi connectivity index (χ1v) is 4.27. The molecule has 1 amide bonds. The zero-order valence-electron chi connectivity index (χ0n) is 8.35. The van der Waals surface area contributed by atoms with E-state index in [-0.39, 0.29) is 5.95 Å². The van der Waals surface area contributed by atoms with E-state index in [4.69, 9.17) is 5.11 Å². The van der Waals surface area contributed by atoms with Crippen molar-refractivity contribution < 1.29 is 14.7 Å². The highest BCUT2D eigenvalue weighted by Crippen LogP contribution is 1.95. The number of aryl methyl sites for hydroxylation is 1. The molecule has 0 radical (unpaired) electrons. The maximum Gasteiger partial charge on any atom is 0.328 e. The third-order valence-corrected chi connectivity index (χ3v) is 1.49. The van der Waals surface area contributed by atoms with E-state index in [1.54, 1.807) is 6.92 Å². The van der Waals surface area contributed by atoms with Gasteiger partial charge in [-0.15, -0.1) is 0 Å². The van der Waals surface area contributed by atoms with E-state index in [1.165, 1.54) is 6.07 Å². The summed E-state index contributed by atoms with van der Waals surface area (Å²) in [6.07, 6.45) is 1.51. The van der Waals surface area contributed by atoms with Gasteiger partial charge in [0.2, 0.25) is 5.95 Å². The van der Waals surface area contributed by atoms with Crippen molar-refractivity contribution in [2.75, 3.05) is 5.32 Å².